The van der Waals surface area contributed by atoms with Crippen molar-refractivity contribution >= 4 is 46.3 Å². The second-order valence-electron chi connectivity index (χ2n) is 4.09. The van der Waals surface area contributed by atoms with Gasteiger partial charge >= 0.3 is 5.97 Å². The molecule has 1 amide bonds. The molecule has 7 heteroatoms. The minimum absolute atomic E-state index is 0.176. The Bertz CT molecular complexity index is 627. The summed E-state index contributed by atoms with van der Waals surface area (Å²) >= 11 is 6.28. The predicted octanol–water partition coefficient (Wildman–Crippen LogP) is 2.07. The number of esters is 1. The summed E-state index contributed by atoms with van der Waals surface area (Å²) in [4.78, 5) is 25.3. The second kappa shape index (κ2) is 6.73. The van der Waals surface area contributed by atoms with Crippen molar-refractivity contribution in [3.63, 3.8) is 0 Å². The molecule has 1 aromatic carbocycles. The third kappa shape index (κ3) is 3.43. The number of benzene rings is 1. The lowest BCUT2D eigenvalue weighted by Crippen LogP contribution is -2.33. The molecular weight excluding hydrogens is 310 g/mol. The molecule has 0 unspecified atom stereocenters. The van der Waals surface area contributed by atoms with E-state index in [1.54, 1.807) is 19.3 Å². The Balaban J connectivity index is 2.26. The van der Waals surface area contributed by atoms with E-state index in [1.165, 1.54) is 12.0 Å². The van der Waals surface area contributed by atoms with Gasteiger partial charge in [-0.1, -0.05) is 42.2 Å². The van der Waals surface area contributed by atoms with Gasteiger partial charge in [0, 0.05) is 5.56 Å². The number of para-hydroxylation sites is 1. The molecule has 1 aliphatic heterocycles. The number of hydrogen-bond acceptors (Lipinski definition) is 6. The number of nitrogens with zero attached hydrogens (tertiary/aromatic N) is 1. The Morgan fingerprint density at radius 2 is 2.10 bits per heavy atom. The van der Waals surface area contributed by atoms with Gasteiger partial charge in [0.05, 0.1) is 19.1 Å². The van der Waals surface area contributed by atoms with Crippen molar-refractivity contribution in [2.24, 2.45) is 0 Å². The highest BCUT2D eigenvalue weighted by atomic mass is 32.2. The first-order valence-electron chi connectivity index (χ1n) is 6.02. The minimum Gasteiger partial charge on any atom is -0.496 e. The first-order valence-corrected chi connectivity index (χ1v) is 7.24. The first kappa shape index (κ1) is 15.5. The summed E-state index contributed by atoms with van der Waals surface area (Å²) in [5.74, 6) is -0.151. The average Bonchev–Trinajstić information content (AvgIpc) is 2.75. The third-order valence-corrected chi connectivity index (χ3v) is 4.19. The van der Waals surface area contributed by atoms with Crippen LogP contribution < -0.4 is 4.74 Å². The topological polar surface area (TPSA) is 55.8 Å². The van der Waals surface area contributed by atoms with Crippen molar-refractivity contribution in [3.8, 4) is 5.75 Å². The van der Waals surface area contributed by atoms with Gasteiger partial charge in [0.25, 0.3) is 5.91 Å². The standard InChI is InChI=1S/C14H13NO4S2/c1-18-10-6-4-3-5-9(10)7-11-13(17)15(14(20)21-11)8-12(16)19-2/h3-7H,8H2,1-2H3/b11-7-. The zero-order valence-electron chi connectivity index (χ0n) is 11.5. The zero-order valence-corrected chi connectivity index (χ0v) is 13.1. The maximum Gasteiger partial charge on any atom is 0.325 e. The molecule has 0 radical (unpaired) electrons. The van der Waals surface area contributed by atoms with Gasteiger partial charge in [-0.15, -0.1) is 0 Å². The lowest BCUT2D eigenvalue weighted by Gasteiger charge is -2.11. The number of rotatable bonds is 4. The molecule has 0 spiro atoms. The van der Waals surface area contributed by atoms with Crippen LogP contribution in [0.5, 0.6) is 5.75 Å². The Labute approximate surface area is 131 Å². The quantitative estimate of drug-likeness (QED) is 0.480. The van der Waals surface area contributed by atoms with Crippen LogP contribution in [0.1, 0.15) is 5.56 Å². The normalized spacial score (nSPS) is 16.5. The van der Waals surface area contributed by atoms with Gasteiger partial charge in [0.15, 0.2) is 0 Å². The summed E-state index contributed by atoms with van der Waals surface area (Å²) in [6.07, 6.45) is 1.70. The van der Waals surface area contributed by atoms with E-state index < -0.39 is 5.97 Å². The van der Waals surface area contributed by atoms with Crippen molar-refractivity contribution in [1.29, 1.82) is 0 Å². The molecule has 0 atom stereocenters. The highest BCUT2D eigenvalue weighted by molar-refractivity contribution is 8.26. The number of thioether (sulfide) groups is 1. The van der Waals surface area contributed by atoms with Gasteiger partial charge in [0.1, 0.15) is 16.6 Å². The highest BCUT2D eigenvalue weighted by Crippen LogP contribution is 2.33. The Hall–Kier alpha value is -1.86. The van der Waals surface area contributed by atoms with Crippen molar-refractivity contribution in [1.82, 2.24) is 4.90 Å². The Kier molecular flexibility index (Phi) is 4.98. The van der Waals surface area contributed by atoms with Crippen LogP contribution in [-0.2, 0) is 14.3 Å². The van der Waals surface area contributed by atoms with E-state index in [0.29, 0.717) is 15.0 Å². The number of amides is 1. The number of methoxy groups -OCH3 is 2. The molecule has 0 bridgehead atoms. The molecule has 1 heterocycles. The first-order chi connectivity index (χ1) is 10.1. The molecule has 1 aromatic rings. The van der Waals surface area contributed by atoms with Gasteiger partial charge in [0.2, 0.25) is 0 Å². The summed E-state index contributed by atoms with van der Waals surface area (Å²) < 4.78 is 10.1. The number of carbonyl (C=O) groups excluding carboxylic acids is 2. The van der Waals surface area contributed by atoms with E-state index in [0.717, 1.165) is 17.3 Å². The second-order valence-corrected chi connectivity index (χ2v) is 5.76. The number of thiocarbonyl (C=S) groups is 1. The van der Waals surface area contributed by atoms with E-state index in [4.69, 9.17) is 17.0 Å². The van der Waals surface area contributed by atoms with Crippen LogP contribution in [-0.4, -0.2) is 41.9 Å². The maximum absolute atomic E-state index is 12.3. The Morgan fingerprint density at radius 3 is 2.76 bits per heavy atom. The summed E-state index contributed by atoms with van der Waals surface area (Å²) in [7, 11) is 2.83. The van der Waals surface area contributed by atoms with Crippen LogP contribution in [0, 0.1) is 0 Å². The molecule has 21 heavy (non-hydrogen) atoms. The Morgan fingerprint density at radius 1 is 1.38 bits per heavy atom. The fourth-order valence-electron chi connectivity index (χ4n) is 1.76. The van der Waals surface area contributed by atoms with Gasteiger partial charge in [-0.2, -0.15) is 0 Å². The molecule has 0 N–H and O–H groups in total. The van der Waals surface area contributed by atoms with E-state index >= 15 is 0 Å². The fourth-order valence-corrected chi connectivity index (χ4v) is 3.00. The van der Waals surface area contributed by atoms with Gasteiger partial charge in [-0.05, 0) is 12.1 Å². The molecule has 2 rings (SSSR count). The monoisotopic (exact) mass is 323 g/mol. The maximum atomic E-state index is 12.3. The van der Waals surface area contributed by atoms with Crippen LogP contribution >= 0.6 is 24.0 Å². The van der Waals surface area contributed by atoms with Crippen LogP contribution in [0.2, 0.25) is 0 Å². The van der Waals surface area contributed by atoms with Crippen LogP contribution in [0.25, 0.3) is 6.08 Å². The largest absolute Gasteiger partial charge is 0.496 e. The lowest BCUT2D eigenvalue weighted by molar-refractivity contribution is -0.143. The number of hydrogen-bond donors (Lipinski definition) is 0. The minimum atomic E-state index is -0.509. The van der Waals surface area contributed by atoms with Crippen molar-refractivity contribution in [2.75, 3.05) is 20.8 Å². The molecular formula is C14H13NO4S2. The van der Waals surface area contributed by atoms with Crippen LogP contribution in [0.3, 0.4) is 0 Å². The lowest BCUT2D eigenvalue weighted by atomic mass is 10.2. The summed E-state index contributed by atoms with van der Waals surface area (Å²) in [5.41, 5.74) is 0.776. The smallest absolute Gasteiger partial charge is 0.325 e. The summed E-state index contributed by atoms with van der Waals surface area (Å²) in [5, 5.41) is 0. The molecule has 5 nitrogen and oxygen atoms in total. The molecule has 110 valence electrons. The van der Waals surface area contributed by atoms with Gasteiger partial charge < -0.3 is 9.47 Å². The molecule has 0 aromatic heterocycles. The molecule has 1 aliphatic rings. The average molecular weight is 323 g/mol. The summed E-state index contributed by atoms with van der Waals surface area (Å²) in [6.45, 7) is -0.176. The van der Waals surface area contributed by atoms with Gasteiger partial charge in [-0.3, -0.25) is 14.5 Å². The third-order valence-electron chi connectivity index (χ3n) is 2.81. The SMILES string of the molecule is COC(=O)CN1C(=O)/C(=C/c2ccccc2OC)SC1=S. The van der Waals surface area contributed by atoms with E-state index in [9.17, 15) is 9.59 Å². The molecule has 1 fully saturated rings. The summed E-state index contributed by atoms with van der Waals surface area (Å²) in [6, 6.07) is 7.34. The molecule has 0 saturated carbocycles. The molecule has 0 aliphatic carbocycles. The van der Waals surface area contributed by atoms with E-state index in [2.05, 4.69) is 4.74 Å². The van der Waals surface area contributed by atoms with E-state index in [1.807, 2.05) is 18.2 Å². The van der Waals surface area contributed by atoms with E-state index in [-0.39, 0.29) is 12.5 Å². The predicted molar refractivity (Wildman–Crippen MR) is 84.9 cm³/mol. The number of ether oxygens (including phenoxy) is 2. The van der Waals surface area contributed by atoms with Crippen molar-refractivity contribution < 1.29 is 19.1 Å². The van der Waals surface area contributed by atoms with Crippen molar-refractivity contribution in [3.05, 3.63) is 34.7 Å². The van der Waals surface area contributed by atoms with Crippen LogP contribution in [0.4, 0.5) is 0 Å². The number of carbonyl (C=O) groups is 2. The molecule has 1 saturated heterocycles. The fraction of sp³-hybridized carbons (Fsp3) is 0.214. The zero-order chi connectivity index (χ0) is 15.4. The highest BCUT2D eigenvalue weighted by Gasteiger charge is 2.33. The van der Waals surface area contributed by atoms with Crippen LogP contribution in [0.15, 0.2) is 29.2 Å². The van der Waals surface area contributed by atoms with Gasteiger partial charge in [-0.25, -0.2) is 0 Å². The van der Waals surface area contributed by atoms with Crippen molar-refractivity contribution in [2.45, 2.75) is 0 Å².